The van der Waals surface area contributed by atoms with Crippen molar-refractivity contribution in [2.24, 2.45) is 0 Å². The highest BCUT2D eigenvalue weighted by molar-refractivity contribution is 7.89. The molecule has 0 atom stereocenters. The zero-order chi connectivity index (χ0) is 20.0. The van der Waals surface area contributed by atoms with E-state index < -0.39 is 9.84 Å². The molecule has 0 saturated carbocycles. The van der Waals surface area contributed by atoms with Crippen molar-refractivity contribution in [1.82, 2.24) is 4.98 Å². The van der Waals surface area contributed by atoms with E-state index in [0.29, 0.717) is 29.3 Å². The normalized spacial score (nSPS) is 11.0. The van der Waals surface area contributed by atoms with Crippen molar-refractivity contribution < 1.29 is 17.9 Å². The van der Waals surface area contributed by atoms with Gasteiger partial charge >= 0.3 is 0 Å². The Labute approximate surface area is 164 Å². The number of aromatic nitrogens is 1. The third kappa shape index (κ3) is 5.65. The molecule has 3 aromatic rings. The van der Waals surface area contributed by atoms with Crippen LogP contribution in [0.2, 0.25) is 0 Å². The maximum Gasteiger partial charge on any atom is 0.256 e. The Morgan fingerprint density at radius 3 is 2.36 bits per heavy atom. The van der Waals surface area contributed by atoms with E-state index in [0.717, 1.165) is 5.56 Å². The molecule has 1 N–H and O–H groups in total. The van der Waals surface area contributed by atoms with Crippen molar-refractivity contribution in [1.29, 1.82) is 0 Å². The van der Waals surface area contributed by atoms with Crippen molar-refractivity contribution >= 4 is 21.6 Å². The number of carbonyl (C=O) groups is 1. The average Bonchev–Trinajstić information content (AvgIpc) is 2.67. The highest BCUT2D eigenvalue weighted by Crippen LogP contribution is 2.23. The van der Waals surface area contributed by atoms with Crippen LogP contribution in [-0.2, 0) is 22.2 Å². The third-order valence-corrected chi connectivity index (χ3v) is 4.74. The lowest BCUT2D eigenvalue weighted by molar-refractivity contribution is 0.102. The van der Waals surface area contributed by atoms with Crippen LogP contribution in [0.1, 0.15) is 21.5 Å². The molecule has 3 rings (SSSR count). The molecule has 0 unspecified atom stereocenters. The van der Waals surface area contributed by atoms with Gasteiger partial charge in [-0.3, -0.25) is 4.79 Å². The predicted octanol–water partition coefficient (Wildman–Crippen LogP) is 3.46. The van der Waals surface area contributed by atoms with Gasteiger partial charge in [0.25, 0.3) is 5.91 Å². The van der Waals surface area contributed by atoms with E-state index in [9.17, 15) is 13.2 Å². The van der Waals surface area contributed by atoms with Gasteiger partial charge in [-0.05, 0) is 35.4 Å². The molecule has 0 saturated heterocycles. The lowest BCUT2D eigenvalue weighted by Gasteiger charge is -2.12. The summed E-state index contributed by atoms with van der Waals surface area (Å²) in [6.45, 7) is 0.357. The Balaban J connectivity index is 1.68. The maximum absolute atomic E-state index is 12.5. The number of hydrogen-bond donors (Lipinski definition) is 1. The van der Waals surface area contributed by atoms with E-state index in [1.807, 2.05) is 30.3 Å². The summed E-state index contributed by atoms with van der Waals surface area (Å²) in [5.74, 6) is 0.373. The minimum absolute atomic E-state index is 0.0629. The summed E-state index contributed by atoms with van der Waals surface area (Å²) in [6, 6.07) is 19.6. The van der Waals surface area contributed by atoms with Crippen molar-refractivity contribution in [3.05, 3.63) is 89.6 Å². The second-order valence-electron chi connectivity index (χ2n) is 6.35. The number of sulfone groups is 1. The molecule has 144 valence electrons. The first-order chi connectivity index (χ1) is 13.4. The molecule has 0 spiro atoms. The number of ether oxygens (including phenoxy) is 1. The Hall–Kier alpha value is -3.19. The zero-order valence-corrected chi connectivity index (χ0v) is 16.1. The number of anilines is 1. The van der Waals surface area contributed by atoms with Gasteiger partial charge in [0, 0.05) is 18.0 Å². The van der Waals surface area contributed by atoms with Gasteiger partial charge in [-0.25, -0.2) is 13.4 Å². The molecule has 0 aliphatic rings. The fourth-order valence-electron chi connectivity index (χ4n) is 2.57. The van der Waals surface area contributed by atoms with Gasteiger partial charge in [0.15, 0.2) is 21.4 Å². The van der Waals surface area contributed by atoms with Crippen LogP contribution >= 0.6 is 0 Å². The molecule has 0 bridgehead atoms. The Morgan fingerprint density at radius 1 is 0.964 bits per heavy atom. The highest BCUT2D eigenvalue weighted by Gasteiger charge is 2.12. The molecule has 6 nitrogen and oxygen atoms in total. The fraction of sp³-hybridized carbons (Fsp3) is 0.143. The topological polar surface area (TPSA) is 85.4 Å². The van der Waals surface area contributed by atoms with E-state index in [-0.39, 0.29) is 11.7 Å². The van der Waals surface area contributed by atoms with Gasteiger partial charge in [0.1, 0.15) is 6.61 Å². The summed E-state index contributed by atoms with van der Waals surface area (Å²) in [5.41, 5.74) is 2.03. The number of rotatable bonds is 7. The summed E-state index contributed by atoms with van der Waals surface area (Å²) in [6.07, 6.45) is 2.74. The molecule has 0 aliphatic heterocycles. The fourth-order valence-corrected chi connectivity index (χ4v) is 3.37. The number of benzene rings is 2. The first kappa shape index (κ1) is 19.6. The van der Waals surface area contributed by atoms with Crippen molar-refractivity contribution in [2.75, 3.05) is 11.6 Å². The Kier molecular flexibility index (Phi) is 6.06. The summed E-state index contributed by atoms with van der Waals surface area (Å²) >= 11 is 0. The van der Waals surface area contributed by atoms with E-state index in [2.05, 4.69) is 10.3 Å². The van der Waals surface area contributed by atoms with Crippen LogP contribution in [0.5, 0.6) is 5.75 Å². The zero-order valence-electron chi connectivity index (χ0n) is 15.3. The van der Waals surface area contributed by atoms with Crippen LogP contribution in [0.25, 0.3) is 0 Å². The van der Waals surface area contributed by atoms with Gasteiger partial charge in [0.2, 0.25) is 0 Å². The monoisotopic (exact) mass is 396 g/mol. The van der Waals surface area contributed by atoms with Gasteiger partial charge in [-0.2, -0.15) is 0 Å². The first-order valence-corrected chi connectivity index (χ1v) is 10.7. The van der Waals surface area contributed by atoms with Crippen molar-refractivity contribution in [3.63, 3.8) is 0 Å². The van der Waals surface area contributed by atoms with E-state index in [1.54, 1.807) is 42.6 Å². The van der Waals surface area contributed by atoms with E-state index in [1.165, 1.54) is 6.26 Å². The molecule has 0 fully saturated rings. The van der Waals surface area contributed by atoms with Gasteiger partial charge in [-0.15, -0.1) is 0 Å². The van der Waals surface area contributed by atoms with Gasteiger partial charge < -0.3 is 10.1 Å². The molecule has 7 heteroatoms. The van der Waals surface area contributed by atoms with Crippen LogP contribution in [0, 0.1) is 0 Å². The molecule has 28 heavy (non-hydrogen) atoms. The van der Waals surface area contributed by atoms with Crippen LogP contribution in [0.3, 0.4) is 0 Å². The van der Waals surface area contributed by atoms with Crippen LogP contribution < -0.4 is 10.1 Å². The number of carbonyl (C=O) groups excluding carboxylic acids is 1. The lowest BCUT2D eigenvalue weighted by Crippen LogP contribution is -2.14. The highest BCUT2D eigenvalue weighted by atomic mass is 32.2. The average molecular weight is 396 g/mol. The summed E-state index contributed by atoms with van der Waals surface area (Å²) < 4.78 is 28.5. The second-order valence-corrected chi connectivity index (χ2v) is 8.49. The molecule has 1 heterocycles. The van der Waals surface area contributed by atoms with Crippen molar-refractivity contribution in [2.45, 2.75) is 12.4 Å². The maximum atomic E-state index is 12.5. The summed E-state index contributed by atoms with van der Waals surface area (Å²) in [4.78, 5) is 16.7. The quantitative estimate of drug-likeness (QED) is 0.661. The lowest BCUT2D eigenvalue weighted by atomic mass is 10.1. The Morgan fingerprint density at radius 2 is 1.68 bits per heavy atom. The number of hydrogen-bond acceptors (Lipinski definition) is 5. The molecule has 1 amide bonds. The molecular weight excluding hydrogens is 376 g/mol. The van der Waals surface area contributed by atoms with Crippen LogP contribution in [-0.4, -0.2) is 25.6 Å². The van der Waals surface area contributed by atoms with Gasteiger partial charge in [0.05, 0.1) is 5.75 Å². The number of pyridine rings is 1. The van der Waals surface area contributed by atoms with E-state index >= 15 is 0 Å². The third-order valence-electron chi connectivity index (χ3n) is 3.88. The SMILES string of the molecule is CS(=O)(=O)Cc1ccc(C(=O)Nc2ncccc2OCc2ccccc2)cc1. The minimum Gasteiger partial charge on any atom is -0.485 e. The number of nitrogens with zero attached hydrogens (tertiary/aromatic N) is 1. The Bertz CT molecular complexity index is 1050. The molecular formula is C21H20N2O4S. The summed E-state index contributed by atoms with van der Waals surface area (Å²) in [5, 5.41) is 2.74. The number of nitrogens with one attached hydrogen (secondary N) is 1. The van der Waals surface area contributed by atoms with Gasteiger partial charge in [-0.1, -0.05) is 42.5 Å². The molecule has 1 aromatic heterocycles. The van der Waals surface area contributed by atoms with Crippen LogP contribution in [0.4, 0.5) is 5.82 Å². The van der Waals surface area contributed by atoms with E-state index in [4.69, 9.17) is 4.74 Å². The van der Waals surface area contributed by atoms with Crippen LogP contribution in [0.15, 0.2) is 72.9 Å². The predicted molar refractivity (Wildman–Crippen MR) is 108 cm³/mol. The number of amides is 1. The second kappa shape index (κ2) is 8.67. The molecule has 0 radical (unpaired) electrons. The minimum atomic E-state index is -3.12. The van der Waals surface area contributed by atoms with Crippen molar-refractivity contribution in [3.8, 4) is 5.75 Å². The first-order valence-electron chi connectivity index (χ1n) is 8.60. The largest absolute Gasteiger partial charge is 0.485 e. The smallest absolute Gasteiger partial charge is 0.256 e. The summed E-state index contributed by atoms with van der Waals surface area (Å²) in [7, 11) is -3.12. The standard InChI is InChI=1S/C21H20N2O4S/c1-28(25,26)15-17-9-11-18(12-10-17)21(24)23-20-19(8-5-13-22-20)27-14-16-6-3-2-4-7-16/h2-13H,14-15H2,1H3,(H,22,23,24). The molecule has 2 aromatic carbocycles. The molecule has 0 aliphatic carbocycles.